The first-order chi connectivity index (χ1) is 12.2. The molecule has 3 rings (SSSR count). The van der Waals surface area contributed by atoms with Crippen LogP contribution in [0.4, 0.5) is 5.82 Å². The summed E-state index contributed by atoms with van der Waals surface area (Å²) in [5.74, 6) is 0.663. The Labute approximate surface area is 147 Å². The summed E-state index contributed by atoms with van der Waals surface area (Å²) in [5, 5.41) is 10.8. The monoisotopic (exact) mass is 337 g/mol. The molecule has 130 valence electrons. The lowest BCUT2D eigenvalue weighted by Crippen LogP contribution is -2.41. The van der Waals surface area contributed by atoms with E-state index in [4.69, 9.17) is 5.41 Å². The summed E-state index contributed by atoms with van der Waals surface area (Å²) in [6, 6.07) is 1.86. The summed E-state index contributed by atoms with van der Waals surface area (Å²) in [6.07, 6.45) is 10.6. The molecule has 2 N–H and O–H groups in total. The van der Waals surface area contributed by atoms with Gasteiger partial charge in [-0.1, -0.05) is 0 Å². The van der Waals surface area contributed by atoms with Crippen LogP contribution in [0.5, 0.6) is 0 Å². The van der Waals surface area contributed by atoms with Crippen LogP contribution in [-0.4, -0.2) is 71.2 Å². The first kappa shape index (κ1) is 17.0. The molecule has 0 aromatic carbocycles. The number of rotatable bonds is 5. The Kier molecular flexibility index (Phi) is 5.35. The topological polar surface area (TPSA) is 81.0 Å². The van der Waals surface area contributed by atoms with Gasteiger partial charge in [0.05, 0.1) is 11.2 Å². The predicted molar refractivity (Wildman–Crippen MR) is 102 cm³/mol. The van der Waals surface area contributed by atoms with Crippen molar-refractivity contribution < 1.29 is 0 Å². The van der Waals surface area contributed by atoms with Crippen molar-refractivity contribution in [1.82, 2.24) is 24.8 Å². The van der Waals surface area contributed by atoms with Crippen LogP contribution in [0, 0.1) is 5.41 Å². The molecule has 1 fully saturated rings. The minimum atomic E-state index is 0.663. The first-order valence-corrected chi connectivity index (χ1v) is 8.32. The third kappa shape index (κ3) is 4.00. The average Bonchev–Trinajstić information content (AvgIpc) is 2.66. The minimum absolute atomic E-state index is 0.663. The van der Waals surface area contributed by atoms with E-state index in [1.165, 1.54) is 6.21 Å². The zero-order chi connectivity index (χ0) is 17.6. The molecule has 7 heteroatoms. The fraction of sp³-hybridized carbons (Fsp3) is 0.333. The van der Waals surface area contributed by atoms with Gasteiger partial charge < -0.3 is 20.5 Å². The van der Waals surface area contributed by atoms with Gasteiger partial charge in [-0.3, -0.25) is 4.98 Å². The fourth-order valence-corrected chi connectivity index (χ4v) is 2.74. The highest BCUT2D eigenvalue weighted by Gasteiger charge is 2.10. The van der Waals surface area contributed by atoms with E-state index >= 15 is 0 Å². The summed E-state index contributed by atoms with van der Waals surface area (Å²) < 4.78 is 0. The number of likely N-dealkylation sites (N-methyl/N-ethyl adjacent to an activating group) is 1. The summed E-state index contributed by atoms with van der Waals surface area (Å²) in [4.78, 5) is 17.9. The summed E-state index contributed by atoms with van der Waals surface area (Å²) >= 11 is 0. The Morgan fingerprint density at radius 2 is 1.96 bits per heavy atom. The lowest BCUT2D eigenvalue weighted by molar-refractivity contribution is 0.198. The van der Waals surface area contributed by atoms with Crippen molar-refractivity contribution in [3.05, 3.63) is 42.5 Å². The Balaban J connectivity index is 1.85. The number of allylic oxidation sites excluding steroid dienone is 3. The number of nitrogens with zero attached hydrogens (tertiary/aromatic N) is 5. The van der Waals surface area contributed by atoms with Crippen LogP contribution in [0.1, 0.15) is 5.69 Å². The van der Waals surface area contributed by atoms with E-state index in [-0.39, 0.29) is 0 Å². The second-order valence-corrected chi connectivity index (χ2v) is 5.98. The molecule has 0 amide bonds. The van der Waals surface area contributed by atoms with Gasteiger partial charge in [-0.25, -0.2) is 9.97 Å². The van der Waals surface area contributed by atoms with E-state index in [0.717, 1.165) is 42.8 Å². The van der Waals surface area contributed by atoms with Crippen molar-refractivity contribution in [1.29, 1.82) is 5.41 Å². The molecule has 2 aromatic heterocycles. The maximum atomic E-state index is 7.74. The summed E-state index contributed by atoms with van der Waals surface area (Å²) in [7, 11) is 3.95. The van der Waals surface area contributed by atoms with Crippen LogP contribution in [-0.2, 0) is 0 Å². The largest absolute Gasteiger partial charge is 0.375 e. The number of piperazine rings is 1. The van der Waals surface area contributed by atoms with E-state index in [0.29, 0.717) is 11.5 Å². The zero-order valence-electron chi connectivity index (χ0n) is 14.6. The van der Waals surface area contributed by atoms with Crippen molar-refractivity contribution in [3.63, 3.8) is 0 Å². The molecule has 1 aliphatic heterocycles. The molecule has 0 spiro atoms. The van der Waals surface area contributed by atoms with Crippen molar-refractivity contribution in [2.45, 2.75) is 0 Å². The fourth-order valence-electron chi connectivity index (χ4n) is 2.74. The molecule has 0 atom stereocenters. The third-order valence-electron chi connectivity index (χ3n) is 4.26. The second-order valence-electron chi connectivity index (χ2n) is 5.98. The lowest BCUT2D eigenvalue weighted by atomic mass is 10.1. The summed E-state index contributed by atoms with van der Waals surface area (Å²) in [6.45, 7) is 4.19. The van der Waals surface area contributed by atoms with Crippen LogP contribution < -0.4 is 5.32 Å². The Bertz CT molecular complexity index is 804. The van der Waals surface area contributed by atoms with Gasteiger partial charge in [-0.15, -0.1) is 0 Å². The number of anilines is 1. The minimum Gasteiger partial charge on any atom is -0.375 e. The predicted octanol–water partition coefficient (Wildman–Crippen LogP) is 1.86. The Morgan fingerprint density at radius 1 is 1.20 bits per heavy atom. The van der Waals surface area contributed by atoms with Gasteiger partial charge in [-0.05, 0) is 31.5 Å². The van der Waals surface area contributed by atoms with E-state index in [1.54, 1.807) is 19.4 Å². The lowest BCUT2D eigenvalue weighted by Gasteiger charge is -2.31. The normalized spacial score (nSPS) is 16.6. The van der Waals surface area contributed by atoms with Gasteiger partial charge in [-0.2, -0.15) is 0 Å². The zero-order valence-corrected chi connectivity index (χ0v) is 14.6. The Hall–Kier alpha value is -2.80. The third-order valence-corrected chi connectivity index (χ3v) is 4.26. The van der Waals surface area contributed by atoms with Gasteiger partial charge in [0.1, 0.15) is 5.52 Å². The van der Waals surface area contributed by atoms with Crippen LogP contribution in [0.25, 0.3) is 16.6 Å². The molecule has 0 saturated carbocycles. The molecule has 1 saturated heterocycles. The maximum Gasteiger partial charge on any atom is 0.154 e. The van der Waals surface area contributed by atoms with Gasteiger partial charge in [0.2, 0.25) is 0 Å². The van der Waals surface area contributed by atoms with Crippen LogP contribution in [0.2, 0.25) is 0 Å². The van der Waals surface area contributed by atoms with E-state index in [1.807, 2.05) is 18.2 Å². The summed E-state index contributed by atoms with van der Waals surface area (Å²) in [5.41, 5.74) is 2.92. The second kappa shape index (κ2) is 7.85. The van der Waals surface area contributed by atoms with Crippen LogP contribution >= 0.6 is 0 Å². The molecular weight excluding hydrogens is 314 g/mol. The molecule has 3 heterocycles. The van der Waals surface area contributed by atoms with Gasteiger partial charge in [0.15, 0.2) is 5.82 Å². The molecule has 7 nitrogen and oxygen atoms in total. The van der Waals surface area contributed by atoms with Crippen molar-refractivity contribution >= 4 is 28.6 Å². The number of fused-ring (bicyclic) bond motifs is 1. The molecule has 1 aliphatic rings. The molecule has 0 unspecified atom stereocenters. The molecule has 25 heavy (non-hydrogen) atoms. The SMILES string of the molecule is CNc1nc(/C(C=N)=C/C=C/N2CCN(C)CC2)cc2nccnc12. The van der Waals surface area contributed by atoms with Crippen molar-refractivity contribution in [2.24, 2.45) is 0 Å². The maximum absolute atomic E-state index is 7.74. The van der Waals surface area contributed by atoms with Crippen LogP contribution in [0.15, 0.2) is 36.8 Å². The number of hydrogen-bond acceptors (Lipinski definition) is 7. The van der Waals surface area contributed by atoms with Gasteiger partial charge in [0.25, 0.3) is 0 Å². The molecule has 0 radical (unpaired) electrons. The molecule has 2 aromatic rings. The van der Waals surface area contributed by atoms with Gasteiger partial charge >= 0.3 is 0 Å². The van der Waals surface area contributed by atoms with E-state index in [9.17, 15) is 0 Å². The quantitative estimate of drug-likeness (QED) is 0.640. The highest BCUT2D eigenvalue weighted by Crippen LogP contribution is 2.21. The van der Waals surface area contributed by atoms with Crippen molar-refractivity contribution in [3.8, 4) is 0 Å². The molecular formula is C18H23N7. The number of aromatic nitrogens is 3. The number of pyridine rings is 1. The highest BCUT2D eigenvalue weighted by molar-refractivity contribution is 6.09. The molecule has 0 aliphatic carbocycles. The highest BCUT2D eigenvalue weighted by atomic mass is 15.2. The Morgan fingerprint density at radius 3 is 2.68 bits per heavy atom. The number of hydrogen-bond donors (Lipinski definition) is 2. The average molecular weight is 337 g/mol. The smallest absolute Gasteiger partial charge is 0.154 e. The molecule has 0 bridgehead atoms. The van der Waals surface area contributed by atoms with Gasteiger partial charge in [0, 0.05) is 57.4 Å². The van der Waals surface area contributed by atoms with E-state index in [2.05, 4.69) is 43.3 Å². The van der Waals surface area contributed by atoms with Crippen LogP contribution in [0.3, 0.4) is 0 Å². The standard InChI is InChI=1S/C18H23N7/c1-20-18-17-16(21-5-6-22-17)12-15(23-18)14(13-19)4-3-7-25-10-8-24(2)9-11-25/h3-7,12-13,19H,8-11H2,1-2H3,(H,20,23)/b7-3+,14-4+,19-13?. The van der Waals surface area contributed by atoms with E-state index < -0.39 is 0 Å². The number of nitrogens with one attached hydrogen (secondary N) is 2. The van der Waals surface area contributed by atoms with Crippen molar-refractivity contribution in [2.75, 3.05) is 45.6 Å². The first-order valence-electron chi connectivity index (χ1n) is 8.32.